The summed E-state index contributed by atoms with van der Waals surface area (Å²) in [5.74, 6) is 2.06. The Morgan fingerprint density at radius 1 is 1.13 bits per heavy atom. The van der Waals surface area contributed by atoms with Crippen LogP contribution in [0.3, 0.4) is 0 Å². The summed E-state index contributed by atoms with van der Waals surface area (Å²) in [4.78, 5) is 4.51. The van der Waals surface area contributed by atoms with Crippen molar-refractivity contribution in [2.75, 3.05) is 17.7 Å². The molecule has 0 atom stereocenters. The lowest BCUT2D eigenvalue weighted by atomic mass is 10.1. The zero-order valence-corrected chi connectivity index (χ0v) is 13.5. The van der Waals surface area contributed by atoms with Gasteiger partial charge in [0, 0.05) is 17.8 Å². The van der Waals surface area contributed by atoms with Crippen molar-refractivity contribution >= 4 is 17.5 Å². The first-order valence-corrected chi connectivity index (χ1v) is 8.21. The largest absolute Gasteiger partial charge is 0.497 e. The van der Waals surface area contributed by atoms with E-state index in [1.807, 2.05) is 24.3 Å². The fraction of sp³-hybridized carbons (Fsp3) is 0.471. The minimum absolute atomic E-state index is 0.450. The van der Waals surface area contributed by atoms with Crippen LogP contribution in [-0.4, -0.2) is 28.3 Å². The maximum absolute atomic E-state index is 5.23. The second-order valence-corrected chi connectivity index (χ2v) is 5.86. The first-order valence-electron chi connectivity index (χ1n) is 8.21. The highest BCUT2D eigenvalue weighted by molar-refractivity contribution is 5.58. The summed E-state index contributed by atoms with van der Waals surface area (Å²) in [5.41, 5.74) is 0.908. The van der Waals surface area contributed by atoms with Crippen molar-refractivity contribution in [3.8, 4) is 5.75 Å². The summed E-state index contributed by atoms with van der Waals surface area (Å²) in [7, 11) is 1.65. The van der Waals surface area contributed by atoms with Gasteiger partial charge in [-0.1, -0.05) is 31.7 Å². The van der Waals surface area contributed by atoms with Crippen LogP contribution in [0.1, 0.15) is 38.5 Å². The Balaban J connectivity index is 1.66. The van der Waals surface area contributed by atoms with E-state index in [4.69, 9.17) is 4.74 Å². The van der Waals surface area contributed by atoms with Crippen LogP contribution >= 0.6 is 0 Å². The number of nitrogens with zero attached hydrogens (tertiary/aromatic N) is 3. The molecule has 1 aromatic carbocycles. The van der Waals surface area contributed by atoms with Crippen LogP contribution in [0.15, 0.2) is 30.5 Å². The highest BCUT2D eigenvalue weighted by Gasteiger charge is 2.13. The number of ether oxygens (including phenoxy) is 1. The summed E-state index contributed by atoms with van der Waals surface area (Å²) in [5, 5.41) is 14.8. The minimum Gasteiger partial charge on any atom is -0.497 e. The van der Waals surface area contributed by atoms with Gasteiger partial charge in [-0.25, -0.2) is 0 Å². The molecule has 1 fully saturated rings. The molecule has 0 aliphatic heterocycles. The van der Waals surface area contributed by atoms with Gasteiger partial charge in [0.15, 0.2) is 5.82 Å². The maximum atomic E-state index is 5.23. The summed E-state index contributed by atoms with van der Waals surface area (Å²) in [6.45, 7) is 0. The number of hydrogen-bond acceptors (Lipinski definition) is 6. The lowest BCUT2D eigenvalue weighted by Crippen LogP contribution is -2.20. The van der Waals surface area contributed by atoms with Crippen molar-refractivity contribution in [1.82, 2.24) is 15.2 Å². The van der Waals surface area contributed by atoms with Gasteiger partial charge in [-0.05, 0) is 25.0 Å². The topological polar surface area (TPSA) is 72.0 Å². The average molecular weight is 313 g/mol. The molecule has 0 radical (unpaired) electrons. The van der Waals surface area contributed by atoms with Gasteiger partial charge in [0.25, 0.3) is 0 Å². The van der Waals surface area contributed by atoms with E-state index in [-0.39, 0.29) is 0 Å². The second-order valence-electron chi connectivity index (χ2n) is 5.86. The third kappa shape index (κ3) is 4.55. The third-order valence-electron chi connectivity index (χ3n) is 4.09. The van der Waals surface area contributed by atoms with Crippen LogP contribution < -0.4 is 15.4 Å². The van der Waals surface area contributed by atoms with Gasteiger partial charge in [-0.15, -0.1) is 5.10 Å². The van der Waals surface area contributed by atoms with Gasteiger partial charge >= 0.3 is 0 Å². The predicted octanol–water partition coefficient (Wildman–Crippen LogP) is 3.76. The van der Waals surface area contributed by atoms with Gasteiger partial charge in [0.2, 0.25) is 5.95 Å². The lowest BCUT2D eigenvalue weighted by Gasteiger charge is -2.16. The molecule has 2 aromatic rings. The summed E-state index contributed by atoms with van der Waals surface area (Å²) >= 11 is 0. The molecule has 1 aliphatic carbocycles. The molecule has 23 heavy (non-hydrogen) atoms. The molecule has 3 rings (SSSR count). The molecule has 1 aliphatic rings. The van der Waals surface area contributed by atoms with E-state index in [1.54, 1.807) is 13.3 Å². The molecule has 0 saturated heterocycles. The quantitative estimate of drug-likeness (QED) is 0.819. The van der Waals surface area contributed by atoms with Crippen LogP contribution in [0.4, 0.5) is 17.5 Å². The Kier molecular flexibility index (Phi) is 5.24. The Morgan fingerprint density at radius 3 is 2.74 bits per heavy atom. The molecule has 1 aromatic heterocycles. The molecule has 0 unspecified atom stereocenters. The fourth-order valence-corrected chi connectivity index (χ4v) is 2.88. The summed E-state index contributed by atoms with van der Waals surface area (Å²) in [6.07, 6.45) is 9.18. The Bertz CT molecular complexity index is 626. The highest BCUT2D eigenvalue weighted by Crippen LogP contribution is 2.22. The van der Waals surface area contributed by atoms with E-state index < -0.39 is 0 Å². The van der Waals surface area contributed by atoms with E-state index in [2.05, 4.69) is 25.8 Å². The van der Waals surface area contributed by atoms with Crippen LogP contribution in [0, 0.1) is 0 Å². The van der Waals surface area contributed by atoms with Crippen LogP contribution in [-0.2, 0) is 0 Å². The van der Waals surface area contributed by atoms with Gasteiger partial charge < -0.3 is 15.4 Å². The van der Waals surface area contributed by atoms with Crippen molar-refractivity contribution in [3.05, 3.63) is 30.5 Å². The SMILES string of the molecule is COc1cccc(Nc2cnnc(NC3CCCCCC3)n2)c1. The normalized spacial score (nSPS) is 15.7. The van der Waals surface area contributed by atoms with E-state index in [1.165, 1.54) is 38.5 Å². The number of benzene rings is 1. The zero-order chi connectivity index (χ0) is 15.9. The van der Waals surface area contributed by atoms with Crippen LogP contribution in [0.2, 0.25) is 0 Å². The fourth-order valence-electron chi connectivity index (χ4n) is 2.88. The molecule has 0 bridgehead atoms. The zero-order valence-electron chi connectivity index (χ0n) is 13.5. The van der Waals surface area contributed by atoms with Crippen molar-refractivity contribution in [2.45, 2.75) is 44.6 Å². The molecule has 6 nitrogen and oxygen atoms in total. The Labute approximate surface area is 136 Å². The number of hydrogen-bond donors (Lipinski definition) is 2. The third-order valence-corrected chi connectivity index (χ3v) is 4.09. The molecule has 0 spiro atoms. The summed E-state index contributed by atoms with van der Waals surface area (Å²) in [6, 6.07) is 8.17. The standard InChI is InChI=1S/C17H23N5O/c1-23-15-10-6-9-14(11-15)19-16-12-18-22-17(21-16)20-13-7-4-2-3-5-8-13/h6,9-13H,2-5,7-8H2,1H3,(H2,19,20,21,22). The minimum atomic E-state index is 0.450. The summed E-state index contributed by atoms with van der Waals surface area (Å²) < 4.78 is 5.23. The Morgan fingerprint density at radius 2 is 1.96 bits per heavy atom. The molecule has 2 N–H and O–H groups in total. The van der Waals surface area contributed by atoms with E-state index in [0.717, 1.165) is 11.4 Å². The molecule has 0 amide bonds. The molecule has 122 valence electrons. The predicted molar refractivity (Wildman–Crippen MR) is 91.2 cm³/mol. The van der Waals surface area contributed by atoms with E-state index in [0.29, 0.717) is 17.8 Å². The van der Waals surface area contributed by atoms with Gasteiger partial charge in [0.05, 0.1) is 13.3 Å². The van der Waals surface area contributed by atoms with Crippen molar-refractivity contribution in [1.29, 1.82) is 0 Å². The number of aromatic nitrogens is 3. The maximum Gasteiger partial charge on any atom is 0.244 e. The first kappa shape index (κ1) is 15.5. The van der Waals surface area contributed by atoms with Gasteiger partial charge in [-0.2, -0.15) is 10.1 Å². The van der Waals surface area contributed by atoms with E-state index in [9.17, 15) is 0 Å². The number of nitrogens with one attached hydrogen (secondary N) is 2. The van der Waals surface area contributed by atoms with Crippen molar-refractivity contribution in [2.24, 2.45) is 0 Å². The number of methoxy groups -OCH3 is 1. The first-order chi connectivity index (χ1) is 11.3. The number of anilines is 3. The Hall–Kier alpha value is -2.37. The van der Waals surface area contributed by atoms with Gasteiger partial charge in [-0.3, -0.25) is 0 Å². The second kappa shape index (κ2) is 7.76. The smallest absolute Gasteiger partial charge is 0.244 e. The highest BCUT2D eigenvalue weighted by atomic mass is 16.5. The lowest BCUT2D eigenvalue weighted by molar-refractivity contribution is 0.415. The molecular formula is C17H23N5O. The number of rotatable bonds is 5. The molecule has 1 saturated carbocycles. The monoisotopic (exact) mass is 313 g/mol. The molecular weight excluding hydrogens is 290 g/mol. The van der Waals surface area contributed by atoms with Crippen LogP contribution in [0.5, 0.6) is 5.75 Å². The van der Waals surface area contributed by atoms with Crippen molar-refractivity contribution < 1.29 is 4.74 Å². The van der Waals surface area contributed by atoms with Crippen molar-refractivity contribution in [3.63, 3.8) is 0 Å². The van der Waals surface area contributed by atoms with Crippen LogP contribution in [0.25, 0.3) is 0 Å². The molecule has 1 heterocycles. The molecule has 6 heteroatoms. The van der Waals surface area contributed by atoms with Gasteiger partial charge in [0.1, 0.15) is 5.75 Å². The average Bonchev–Trinajstić information content (AvgIpc) is 2.84. The van der Waals surface area contributed by atoms with E-state index >= 15 is 0 Å².